The van der Waals surface area contributed by atoms with Crippen LogP contribution in [0.3, 0.4) is 0 Å². The van der Waals surface area contributed by atoms with Crippen LogP contribution in [0.5, 0.6) is 0 Å². The van der Waals surface area contributed by atoms with Crippen molar-refractivity contribution in [2.24, 2.45) is 0 Å². The molecule has 0 aliphatic heterocycles. The Morgan fingerprint density at radius 2 is 1.94 bits per heavy atom. The van der Waals surface area contributed by atoms with E-state index in [9.17, 15) is 17.2 Å². The van der Waals surface area contributed by atoms with Gasteiger partial charge in [-0.25, -0.2) is 17.2 Å². The highest BCUT2D eigenvalue weighted by Crippen LogP contribution is 2.17. The summed E-state index contributed by atoms with van der Waals surface area (Å²) in [5.74, 6) is -1.86. The van der Waals surface area contributed by atoms with Crippen LogP contribution in [-0.2, 0) is 9.84 Å². The van der Waals surface area contributed by atoms with Crippen LogP contribution in [0.25, 0.3) is 0 Å². The zero-order valence-electron chi connectivity index (χ0n) is 10.4. The second-order valence-electron chi connectivity index (χ2n) is 4.36. The molecule has 0 bridgehead atoms. The number of hydrogen-bond acceptors (Lipinski definition) is 3. The summed E-state index contributed by atoms with van der Waals surface area (Å²) in [5.41, 5.74) is 0. The largest absolute Gasteiger partial charge is 0.314 e. The van der Waals surface area contributed by atoms with Crippen LogP contribution in [0.4, 0.5) is 8.78 Å². The molecule has 0 aliphatic rings. The van der Waals surface area contributed by atoms with E-state index in [1.807, 2.05) is 13.8 Å². The zero-order valence-corrected chi connectivity index (χ0v) is 11.2. The zero-order chi connectivity index (χ0) is 13.8. The van der Waals surface area contributed by atoms with Gasteiger partial charge in [0, 0.05) is 6.04 Å². The molecule has 0 spiro atoms. The van der Waals surface area contributed by atoms with Crippen LogP contribution >= 0.6 is 0 Å². The van der Waals surface area contributed by atoms with Gasteiger partial charge in [0.2, 0.25) is 0 Å². The molecular formula is C12H17F2NO2S. The fourth-order valence-corrected chi connectivity index (χ4v) is 2.88. The van der Waals surface area contributed by atoms with Crippen molar-refractivity contribution in [3.63, 3.8) is 0 Å². The normalized spacial score (nSPS) is 12.1. The first-order valence-corrected chi connectivity index (χ1v) is 7.39. The molecule has 0 unspecified atom stereocenters. The monoisotopic (exact) mass is 277 g/mol. The molecular weight excluding hydrogens is 260 g/mol. The van der Waals surface area contributed by atoms with Crippen molar-refractivity contribution < 1.29 is 17.2 Å². The van der Waals surface area contributed by atoms with E-state index in [0.29, 0.717) is 13.0 Å². The lowest BCUT2D eigenvalue weighted by Gasteiger charge is -2.09. The van der Waals surface area contributed by atoms with Crippen molar-refractivity contribution in [3.8, 4) is 0 Å². The van der Waals surface area contributed by atoms with Crippen molar-refractivity contribution in [2.45, 2.75) is 31.2 Å². The van der Waals surface area contributed by atoms with Gasteiger partial charge in [-0.15, -0.1) is 0 Å². The van der Waals surface area contributed by atoms with Crippen LogP contribution in [-0.4, -0.2) is 26.8 Å². The summed E-state index contributed by atoms with van der Waals surface area (Å²) < 4.78 is 49.9. The van der Waals surface area contributed by atoms with Crippen LogP contribution in [0.1, 0.15) is 20.3 Å². The van der Waals surface area contributed by atoms with E-state index in [1.165, 1.54) is 0 Å². The minimum Gasteiger partial charge on any atom is -0.314 e. The third kappa shape index (κ3) is 4.34. The number of halogens is 2. The van der Waals surface area contributed by atoms with Crippen LogP contribution in [0.15, 0.2) is 23.1 Å². The molecule has 0 radical (unpaired) electrons. The summed E-state index contributed by atoms with van der Waals surface area (Å²) >= 11 is 0. The number of benzene rings is 1. The topological polar surface area (TPSA) is 46.2 Å². The summed E-state index contributed by atoms with van der Waals surface area (Å²) in [6.07, 6.45) is 0.358. The molecule has 1 aromatic carbocycles. The van der Waals surface area contributed by atoms with Gasteiger partial charge in [0.05, 0.1) is 5.75 Å². The summed E-state index contributed by atoms with van der Waals surface area (Å²) in [6.45, 7) is 4.41. The molecule has 1 N–H and O–H groups in total. The van der Waals surface area contributed by atoms with Gasteiger partial charge in [0.1, 0.15) is 16.5 Å². The van der Waals surface area contributed by atoms with Crippen LogP contribution < -0.4 is 5.32 Å². The summed E-state index contributed by atoms with van der Waals surface area (Å²) in [5, 5.41) is 3.06. The lowest BCUT2D eigenvalue weighted by Crippen LogP contribution is -2.25. The maximum atomic E-state index is 13.3. The molecule has 0 saturated heterocycles. The lowest BCUT2D eigenvalue weighted by atomic mass is 10.3. The van der Waals surface area contributed by atoms with Crippen LogP contribution in [0, 0.1) is 11.6 Å². The average molecular weight is 277 g/mol. The Morgan fingerprint density at radius 1 is 1.28 bits per heavy atom. The van der Waals surface area contributed by atoms with Crippen LogP contribution in [0.2, 0.25) is 0 Å². The third-order valence-corrected chi connectivity index (χ3v) is 4.18. The molecule has 0 fully saturated rings. The fourth-order valence-electron chi connectivity index (χ4n) is 1.48. The SMILES string of the molecule is CC(C)NCCCS(=O)(=O)c1cc(F)ccc1F. The highest BCUT2D eigenvalue weighted by Gasteiger charge is 2.19. The van der Waals surface area contributed by atoms with Gasteiger partial charge in [-0.3, -0.25) is 0 Å². The molecule has 6 heteroatoms. The maximum absolute atomic E-state index is 13.3. The third-order valence-electron chi connectivity index (χ3n) is 2.37. The number of nitrogens with one attached hydrogen (secondary N) is 1. The molecule has 1 rings (SSSR count). The highest BCUT2D eigenvalue weighted by atomic mass is 32.2. The number of rotatable bonds is 6. The standard InChI is InChI=1S/C12H17F2NO2S/c1-9(2)15-6-3-7-18(16,17)12-8-10(13)4-5-11(12)14/h4-5,8-9,15H,3,6-7H2,1-2H3. The molecule has 1 aromatic rings. The molecule has 0 amide bonds. The molecule has 0 atom stereocenters. The fraction of sp³-hybridized carbons (Fsp3) is 0.500. The first-order chi connectivity index (χ1) is 8.33. The molecule has 0 heterocycles. The van der Waals surface area contributed by atoms with Crippen molar-refractivity contribution in [3.05, 3.63) is 29.8 Å². The first kappa shape index (κ1) is 15.0. The van der Waals surface area contributed by atoms with E-state index in [4.69, 9.17) is 0 Å². The molecule has 18 heavy (non-hydrogen) atoms. The predicted octanol–water partition coefficient (Wildman–Crippen LogP) is 2.13. The predicted molar refractivity (Wildman–Crippen MR) is 66.2 cm³/mol. The van der Waals surface area contributed by atoms with E-state index >= 15 is 0 Å². The molecule has 3 nitrogen and oxygen atoms in total. The van der Waals surface area contributed by atoms with E-state index in [2.05, 4.69) is 5.32 Å². The first-order valence-electron chi connectivity index (χ1n) is 5.74. The van der Waals surface area contributed by atoms with E-state index < -0.39 is 26.4 Å². The van der Waals surface area contributed by atoms with Crippen molar-refractivity contribution in [1.82, 2.24) is 5.32 Å². The Bertz CT molecular complexity index is 501. The van der Waals surface area contributed by atoms with Crippen molar-refractivity contribution in [1.29, 1.82) is 0 Å². The number of sulfone groups is 1. The molecule has 0 aliphatic carbocycles. The Kier molecular flexibility index (Phi) is 5.22. The Morgan fingerprint density at radius 3 is 2.56 bits per heavy atom. The Hall–Kier alpha value is -1.01. The minimum atomic E-state index is -3.77. The second-order valence-corrected chi connectivity index (χ2v) is 6.43. The van der Waals surface area contributed by atoms with Gasteiger partial charge >= 0.3 is 0 Å². The van der Waals surface area contributed by atoms with E-state index in [0.717, 1.165) is 18.2 Å². The average Bonchev–Trinajstić information content (AvgIpc) is 2.27. The summed E-state index contributed by atoms with van der Waals surface area (Å²) in [4.78, 5) is -0.563. The Labute approximate surface area is 106 Å². The minimum absolute atomic E-state index is 0.201. The van der Waals surface area contributed by atoms with Gasteiger partial charge in [-0.2, -0.15) is 0 Å². The lowest BCUT2D eigenvalue weighted by molar-refractivity contribution is 0.546. The quantitative estimate of drug-likeness (QED) is 0.810. The highest BCUT2D eigenvalue weighted by molar-refractivity contribution is 7.91. The summed E-state index contributed by atoms with van der Waals surface area (Å²) in [7, 11) is -3.77. The van der Waals surface area contributed by atoms with Gasteiger partial charge < -0.3 is 5.32 Å². The van der Waals surface area contributed by atoms with E-state index in [1.54, 1.807) is 0 Å². The van der Waals surface area contributed by atoms with E-state index in [-0.39, 0.29) is 11.8 Å². The maximum Gasteiger partial charge on any atom is 0.181 e. The molecule has 0 aromatic heterocycles. The van der Waals surface area contributed by atoms with Gasteiger partial charge in [0.25, 0.3) is 0 Å². The van der Waals surface area contributed by atoms with Crippen molar-refractivity contribution in [2.75, 3.05) is 12.3 Å². The number of hydrogen-bond donors (Lipinski definition) is 1. The molecule has 102 valence electrons. The Balaban J connectivity index is 2.71. The smallest absolute Gasteiger partial charge is 0.181 e. The second kappa shape index (κ2) is 6.24. The van der Waals surface area contributed by atoms with Gasteiger partial charge in [-0.1, -0.05) is 13.8 Å². The van der Waals surface area contributed by atoms with Gasteiger partial charge in [-0.05, 0) is 31.2 Å². The summed E-state index contributed by atoms with van der Waals surface area (Å²) in [6, 6.07) is 2.71. The van der Waals surface area contributed by atoms with Crippen molar-refractivity contribution >= 4 is 9.84 Å². The van der Waals surface area contributed by atoms with Gasteiger partial charge in [0.15, 0.2) is 9.84 Å². The molecule has 0 saturated carbocycles.